The highest BCUT2D eigenvalue weighted by atomic mass is 35.5. The molecule has 2 aromatic heterocycles. The van der Waals surface area contributed by atoms with E-state index in [1.54, 1.807) is 29.5 Å². The van der Waals surface area contributed by atoms with Crippen LogP contribution in [-0.4, -0.2) is 31.0 Å². The lowest BCUT2D eigenvalue weighted by molar-refractivity contribution is 0.516. The minimum absolute atomic E-state index is 0.300. The van der Waals surface area contributed by atoms with Crippen LogP contribution in [0.15, 0.2) is 71.6 Å². The fourth-order valence-electron chi connectivity index (χ4n) is 3.31. The van der Waals surface area contributed by atoms with Gasteiger partial charge in [0.15, 0.2) is 9.84 Å². The lowest BCUT2D eigenvalue weighted by Crippen LogP contribution is -2.28. The summed E-state index contributed by atoms with van der Waals surface area (Å²) in [6, 6.07) is 20.7. The largest absolute Gasteiger partial charge is 0.330 e. The molecule has 2 heterocycles. The zero-order valence-corrected chi connectivity index (χ0v) is 20.4. The van der Waals surface area contributed by atoms with E-state index >= 15 is 0 Å². The molecular formula is C24H24ClN3O2S2. The van der Waals surface area contributed by atoms with Crippen molar-refractivity contribution in [2.75, 3.05) is 12.8 Å². The maximum Gasteiger partial charge on any atom is 0.175 e. The Morgan fingerprint density at radius 3 is 2.44 bits per heavy atom. The SMILES string of the molecule is CC(C)(CN)c1cc(-c2ccc(-c3cccc(S(C)(=O)=O)c3)s2)n(-c2ccccc2Cl)n1. The predicted octanol–water partition coefficient (Wildman–Crippen LogP) is 5.56. The summed E-state index contributed by atoms with van der Waals surface area (Å²) < 4.78 is 25.8. The normalized spacial score (nSPS) is 12.3. The molecule has 8 heteroatoms. The number of thiophene rings is 1. The number of para-hydroxylation sites is 1. The number of rotatable bonds is 6. The van der Waals surface area contributed by atoms with Gasteiger partial charge in [-0.25, -0.2) is 13.1 Å². The van der Waals surface area contributed by atoms with Gasteiger partial charge in [0, 0.05) is 23.1 Å². The molecule has 0 aliphatic carbocycles. The van der Waals surface area contributed by atoms with Crippen molar-refractivity contribution in [3.05, 3.63) is 77.4 Å². The molecule has 0 radical (unpaired) electrons. The van der Waals surface area contributed by atoms with E-state index in [1.807, 2.05) is 47.1 Å². The maximum absolute atomic E-state index is 12.0. The van der Waals surface area contributed by atoms with Crippen LogP contribution in [0.2, 0.25) is 5.02 Å². The summed E-state index contributed by atoms with van der Waals surface area (Å²) in [7, 11) is -3.28. The van der Waals surface area contributed by atoms with Crippen LogP contribution in [0, 0.1) is 0 Å². The lowest BCUT2D eigenvalue weighted by Gasteiger charge is -2.19. The molecule has 32 heavy (non-hydrogen) atoms. The summed E-state index contributed by atoms with van der Waals surface area (Å²) in [5.41, 5.74) is 9.14. The topological polar surface area (TPSA) is 78.0 Å². The first-order chi connectivity index (χ1) is 15.1. The average molecular weight is 486 g/mol. The highest BCUT2D eigenvalue weighted by molar-refractivity contribution is 7.90. The van der Waals surface area contributed by atoms with Crippen molar-refractivity contribution in [1.82, 2.24) is 9.78 Å². The van der Waals surface area contributed by atoms with Gasteiger partial charge in [0.1, 0.15) is 0 Å². The Balaban J connectivity index is 1.85. The standard InChI is InChI=1S/C24H24ClN3O2S2/c1-24(2,15-26)23-14-20(28(27-23)19-10-5-4-9-18(19)25)22-12-11-21(31-22)16-7-6-8-17(13-16)32(3,29)30/h4-14H,15,26H2,1-3H3. The van der Waals surface area contributed by atoms with Gasteiger partial charge in [-0.05, 0) is 48.0 Å². The van der Waals surface area contributed by atoms with Crippen LogP contribution in [0.1, 0.15) is 19.5 Å². The molecule has 4 rings (SSSR count). The van der Waals surface area contributed by atoms with E-state index in [9.17, 15) is 8.42 Å². The van der Waals surface area contributed by atoms with E-state index in [-0.39, 0.29) is 5.41 Å². The van der Waals surface area contributed by atoms with Gasteiger partial charge in [0.2, 0.25) is 0 Å². The Morgan fingerprint density at radius 1 is 1.03 bits per heavy atom. The van der Waals surface area contributed by atoms with Crippen LogP contribution in [-0.2, 0) is 15.3 Å². The molecule has 0 spiro atoms. The maximum atomic E-state index is 12.0. The molecule has 0 amide bonds. The molecule has 0 unspecified atom stereocenters. The second kappa shape index (κ2) is 8.48. The smallest absolute Gasteiger partial charge is 0.175 e. The monoisotopic (exact) mass is 485 g/mol. The molecular weight excluding hydrogens is 462 g/mol. The zero-order chi connectivity index (χ0) is 23.1. The van der Waals surface area contributed by atoms with Crippen molar-refractivity contribution in [1.29, 1.82) is 0 Å². The van der Waals surface area contributed by atoms with Crippen LogP contribution in [0.5, 0.6) is 0 Å². The molecule has 0 bridgehead atoms. The number of sulfone groups is 1. The van der Waals surface area contributed by atoms with Crippen LogP contribution < -0.4 is 5.73 Å². The fourth-order valence-corrected chi connectivity index (χ4v) is 5.20. The van der Waals surface area contributed by atoms with Gasteiger partial charge in [-0.3, -0.25) is 0 Å². The van der Waals surface area contributed by atoms with E-state index in [1.165, 1.54) is 6.26 Å². The molecule has 5 nitrogen and oxygen atoms in total. The van der Waals surface area contributed by atoms with Crippen molar-refractivity contribution < 1.29 is 8.42 Å². The van der Waals surface area contributed by atoms with Gasteiger partial charge in [-0.2, -0.15) is 5.10 Å². The fraction of sp³-hybridized carbons (Fsp3) is 0.208. The van der Waals surface area contributed by atoms with Gasteiger partial charge in [-0.15, -0.1) is 11.3 Å². The summed E-state index contributed by atoms with van der Waals surface area (Å²) in [6.45, 7) is 4.58. The van der Waals surface area contributed by atoms with E-state index in [2.05, 4.69) is 19.9 Å². The summed E-state index contributed by atoms with van der Waals surface area (Å²) in [6.07, 6.45) is 1.22. The van der Waals surface area contributed by atoms with Gasteiger partial charge in [0.05, 0.1) is 31.9 Å². The predicted molar refractivity (Wildman–Crippen MR) is 133 cm³/mol. The zero-order valence-electron chi connectivity index (χ0n) is 18.0. The highest BCUT2D eigenvalue weighted by Gasteiger charge is 2.25. The Bertz CT molecular complexity index is 1390. The van der Waals surface area contributed by atoms with E-state index < -0.39 is 9.84 Å². The molecule has 166 valence electrons. The number of nitrogens with two attached hydrogens (primary N) is 1. The Labute approximate surface area is 197 Å². The second-order valence-electron chi connectivity index (χ2n) is 8.33. The third-order valence-electron chi connectivity index (χ3n) is 5.40. The lowest BCUT2D eigenvalue weighted by atomic mass is 9.89. The third-order valence-corrected chi connectivity index (χ3v) is 7.99. The van der Waals surface area contributed by atoms with E-state index in [4.69, 9.17) is 22.4 Å². The van der Waals surface area contributed by atoms with Crippen LogP contribution >= 0.6 is 22.9 Å². The van der Waals surface area contributed by atoms with Gasteiger partial charge < -0.3 is 5.73 Å². The summed E-state index contributed by atoms with van der Waals surface area (Å²) in [5.74, 6) is 0. The summed E-state index contributed by atoms with van der Waals surface area (Å²) in [5, 5.41) is 5.47. The number of hydrogen-bond acceptors (Lipinski definition) is 5. The second-order valence-corrected chi connectivity index (χ2v) is 11.8. The molecule has 2 aromatic carbocycles. The average Bonchev–Trinajstić information content (AvgIpc) is 3.41. The first-order valence-electron chi connectivity index (χ1n) is 10.1. The van der Waals surface area contributed by atoms with Crippen LogP contribution in [0.3, 0.4) is 0 Å². The quantitative estimate of drug-likeness (QED) is 0.387. The van der Waals surface area contributed by atoms with Crippen LogP contribution in [0.4, 0.5) is 0 Å². The molecule has 0 aliphatic heterocycles. The Kier molecular flexibility index (Phi) is 6.02. The first-order valence-corrected chi connectivity index (χ1v) is 13.1. The Hall–Kier alpha value is -2.45. The first kappa shape index (κ1) is 22.7. The summed E-state index contributed by atoms with van der Waals surface area (Å²) in [4.78, 5) is 2.27. The van der Waals surface area contributed by atoms with E-state index in [0.717, 1.165) is 32.4 Å². The van der Waals surface area contributed by atoms with Crippen LogP contribution in [0.25, 0.3) is 26.7 Å². The molecule has 4 aromatic rings. The van der Waals surface area contributed by atoms with Crippen molar-refractivity contribution in [3.63, 3.8) is 0 Å². The molecule has 0 fully saturated rings. The van der Waals surface area contributed by atoms with Crippen molar-refractivity contribution in [2.45, 2.75) is 24.2 Å². The van der Waals surface area contributed by atoms with Gasteiger partial charge >= 0.3 is 0 Å². The highest BCUT2D eigenvalue weighted by Crippen LogP contribution is 2.38. The van der Waals surface area contributed by atoms with Gasteiger partial charge in [-0.1, -0.05) is 49.7 Å². The molecule has 2 N–H and O–H groups in total. The Morgan fingerprint density at radius 2 is 1.75 bits per heavy atom. The number of nitrogens with zero attached hydrogens (tertiary/aromatic N) is 2. The third kappa shape index (κ3) is 4.38. The minimum atomic E-state index is -3.28. The molecule has 0 saturated carbocycles. The van der Waals surface area contributed by atoms with Crippen molar-refractivity contribution in [3.8, 4) is 26.7 Å². The minimum Gasteiger partial charge on any atom is -0.330 e. The number of aromatic nitrogens is 2. The summed E-state index contributed by atoms with van der Waals surface area (Å²) >= 11 is 8.07. The number of hydrogen-bond donors (Lipinski definition) is 1. The van der Waals surface area contributed by atoms with E-state index in [0.29, 0.717) is 16.5 Å². The molecule has 0 atom stereocenters. The van der Waals surface area contributed by atoms with Crippen molar-refractivity contribution >= 4 is 32.8 Å². The molecule has 0 aliphatic rings. The number of benzene rings is 2. The van der Waals surface area contributed by atoms with Crippen molar-refractivity contribution in [2.24, 2.45) is 5.73 Å². The molecule has 0 saturated heterocycles. The number of halogens is 1. The van der Waals surface area contributed by atoms with Gasteiger partial charge in [0.25, 0.3) is 0 Å².